The van der Waals surface area contributed by atoms with Crippen LogP contribution in [-0.4, -0.2) is 24.0 Å². The van der Waals surface area contributed by atoms with E-state index in [0.717, 1.165) is 29.4 Å². The Morgan fingerprint density at radius 2 is 2.00 bits per heavy atom. The number of carbonyl (C=O) groups excluding carboxylic acids is 1. The molecule has 1 heterocycles. The minimum absolute atomic E-state index is 0.0702. The second kappa shape index (κ2) is 5.49. The lowest BCUT2D eigenvalue weighted by Crippen LogP contribution is -2.33. The Morgan fingerprint density at radius 3 is 2.75 bits per heavy atom. The zero-order chi connectivity index (χ0) is 13.9. The fraction of sp³-hybridized carbons (Fsp3) is 0.375. The molecule has 3 rings (SSSR count). The van der Waals surface area contributed by atoms with Gasteiger partial charge in [0.2, 0.25) is 0 Å². The molecule has 1 aliphatic rings. The number of pyridine rings is 1. The van der Waals surface area contributed by atoms with Crippen LogP contribution in [0.15, 0.2) is 30.3 Å². The lowest BCUT2D eigenvalue weighted by Gasteiger charge is -2.13. The highest BCUT2D eigenvalue weighted by Gasteiger charge is 2.19. The van der Waals surface area contributed by atoms with E-state index in [2.05, 4.69) is 15.6 Å². The Hall–Kier alpha value is -2.10. The number of hydrogen-bond donors (Lipinski definition) is 2. The average molecular weight is 269 g/mol. The van der Waals surface area contributed by atoms with E-state index in [4.69, 9.17) is 0 Å². The molecule has 0 saturated heterocycles. The summed E-state index contributed by atoms with van der Waals surface area (Å²) in [5, 5.41) is 8.22. The quantitative estimate of drug-likeness (QED) is 0.900. The van der Waals surface area contributed by atoms with Gasteiger partial charge in [0.1, 0.15) is 11.5 Å². The Balaban J connectivity index is 1.92. The fourth-order valence-electron chi connectivity index (χ4n) is 2.84. The topological polar surface area (TPSA) is 54.0 Å². The van der Waals surface area contributed by atoms with Crippen molar-refractivity contribution >= 4 is 22.5 Å². The molecule has 0 radical (unpaired) electrons. The Morgan fingerprint density at radius 1 is 1.25 bits per heavy atom. The van der Waals surface area contributed by atoms with E-state index in [1.807, 2.05) is 37.4 Å². The zero-order valence-electron chi connectivity index (χ0n) is 11.6. The zero-order valence-corrected chi connectivity index (χ0v) is 11.6. The first-order valence-corrected chi connectivity index (χ1v) is 7.16. The molecule has 0 unspecified atom stereocenters. The van der Waals surface area contributed by atoms with Crippen molar-refractivity contribution in [2.75, 3.05) is 12.4 Å². The number of rotatable bonds is 3. The number of carbonyl (C=O) groups is 1. The first-order valence-electron chi connectivity index (χ1n) is 7.16. The summed E-state index contributed by atoms with van der Waals surface area (Å²) in [6.45, 7) is 0. The lowest BCUT2D eigenvalue weighted by molar-refractivity contribution is 0.0933. The predicted octanol–water partition coefficient (Wildman–Crippen LogP) is 2.95. The van der Waals surface area contributed by atoms with Gasteiger partial charge in [-0.1, -0.05) is 37.1 Å². The third-order valence-corrected chi connectivity index (χ3v) is 3.90. The van der Waals surface area contributed by atoms with Crippen molar-refractivity contribution in [1.82, 2.24) is 10.3 Å². The highest BCUT2D eigenvalue weighted by Crippen LogP contribution is 2.23. The third-order valence-electron chi connectivity index (χ3n) is 3.90. The van der Waals surface area contributed by atoms with Crippen LogP contribution in [0.5, 0.6) is 0 Å². The van der Waals surface area contributed by atoms with Crippen LogP contribution in [0.3, 0.4) is 0 Å². The molecule has 104 valence electrons. The van der Waals surface area contributed by atoms with Crippen LogP contribution in [-0.2, 0) is 0 Å². The summed E-state index contributed by atoms with van der Waals surface area (Å²) in [5.74, 6) is 0.679. The van der Waals surface area contributed by atoms with Gasteiger partial charge in [0.25, 0.3) is 5.91 Å². The molecule has 1 fully saturated rings. The molecule has 4 heteroatoms. The minimum atomic E-state index is -0.0702. The fourth-order valence-corrected chi connectivity index (χ4v) is 2.84. The van der Waals surface area contributed by atoms with Gasteiger partial charge in [0, 0.05) is 18.5 Å². The summed E-state index contributed by atoms with van der Waals surface area (Å²) in [7, 11) is 1.83. The van der Waals surface area contributed by atoms with Crippen molar-refractivity contribution < 1.29 is 4.79 Å². The van der Waals surface area contributed by atoms with E-state index >= 15 is 0 Å². The van der Waals surface area contributed by atoms with Gasteiger partial charge in [-0.2, -0.15) is 0 Å². The summed E-state index contributed by atoms with van der Waals surface area (Å²) in [6, 6.07) is 10.1. The van der Waals surface area contributed by atoms with Crippen molar-refractivity contribution in [2.24, 2.45) is 0 Å². The van der Waals surface area contributed by atoms with Crippen molar-refractivity contribution in [3.8, 4) is 0 Å². The molecule has 0 aliphatic heterocycles. The summed E-state index contributed by atoms with van der Waals surface area (Å²) in [5.41, 5.74) is 0.486. The number of fused-ring (bicyclic) bond motifs is 1. The van der Waals surface area contributed by atoms with Crippen LogP contribution in [0.1, 0.15) is 36.2 Å². The van der Waals surface area contributed by atoms with Gasteiger partial charge in [-0.25, -0.2) is 4.98 Å². The van der Waals surface area contributed by atoms with Crippen LogP contribution >= 0.6 is 0 Å². The largest absolute Gasteiger partial charge is 0.373 e. The number of nitrogens with zero attached hydrogens (tertiary/aromatic N) is 1. The standard InChI is InChI=1S/C16H19N3O/c1-17-15-13-9-5-2-6-11(13)10-14(19-15)16(20)18-12-7-3-4-8-12/h2,5-6,9-10,12H,3-4,7-8H2,1H3,(H,17,19)(H,18,20). The molecule has 1 aliphatic carbocycles. The van der Waals surface area contributed by atoms with Crippen molar-refractivity contribution in [2.45, 2.75) is 31.7 Å². The number of hydrogen-bond acceptors (Lipinski definition) is 3. The van der Waals surface area contributed by atoms with E-state index in [9.17, 15) is 4.79 Å². The summed E-state index contributed by atoms with van der Waals surface area (Å²) in [6.07, 6.45) is 4.58. The molecule has 2 N–H and O–H groups in total. The van der Waals surface area contributed by atoms with E-state index in [-0.39, 0.29) is 5.91 Å². The number of nitrogens with one attached hydrogen (secondary N) is 2. The first kappa shape index (κ1) is 12.9. The van der Waals surface area contributed by atoms with E-state index < -0.39 is 0 Å². The van der Waals surface area contributed by atoms with Gasteiger partial charge < -0.3 is 10.6 Å². The summed E-state index contributed by atoms with van der Waals surface area (Å²) in [4.78, 5) is 16.7. The molecule has 0 atom stereocenters. The summed E-state index contributed by atoms with van der Waals surface area (Å²) >= 11 is 0. The number of amides is 1. The Labute approximate surface area is 118 Å². The molecule has 1 aromatic heterocycles. The SMILES string of the molecule is CNc1nc(C(=O)NC2CCCC2)cc2ccccc12. The molecule has 1 aromatic carbocycles. The van der Waals surface area contributed by atoms with E-state index in [0.29, 0.717) is 11.7 Å². The normalized spacial score (nSPS) is 15.4. The van der Waals surface area contributed by atoms with Gasteiger partial charge in [-0.05, 0) is 24.3 Å². The number of benzene rings is 1. The van der Waals surface area contributed by atoms with Crippen LogP contribution < -0.4 is 10.6 Å². The van der Waals surface area contributed by atoms with Gasteiger partial charge in [-0.3, -0.25) is 4.79 Å². The Bertz CT molecular complexity index is 633. The molecule has 1 saturated carbocycles. The molecule has 1 amide bonds. The van der Waals surface area contributed by atoms with Gasteiger partial charge in [0.15, 0.2) is 0 Å². The molecule has 0 spiro atoms. The van der Waals surface area contributed by atoms with Crippen LogP contribution in [0.25, 0.3) is 10.8 Å². The van der Waals surface area contributed by atoms with Gasteiger partial charge >= 0.3 is 0 Å². The van der Waals surface area contributed by atoms with Gasteiger partial charge in [0.05, 0.1) is 0 Å². The molecule has 20 heavy (non-hydrogen) atoms. The maximum atomic E-state index is 12.3. The van der Waals surface area contributed by atoms with Crippen LogP contribution in [0.2, 0.25) is 0 Å². The first-order chi connectivity index (χ1) is 9.78. The van der Waals surface area contributed by atoms with Crippen molar-refractivity contribution in [1.29, 1.82) is 0 Å². The molecule has 0 bridgehead atoms. The highest BCUT2D eigenvalue weighted by molar-refractivity contribution is 6.00. The van der Waals surface area contributed by atoms with E-state index in [1.54, 1.807) is 0 Å². The lowest BCUT2D eigenvalue weighted by atomic mass is 10.1. The molecule has 4 nitrogen and oxygen atoms in total. The maximum Gasteiger partial charge on any atom is 0.270 e. The maximum absolute atomic E-state index is 12.3. The second-order valence-electron chi connectivity index (χ2n) is 5.28. The monoisotopic (exact) mass is 269 g/mol. The van der Waals surface area contributed by atoms with Crippen molar-refractivity contribution in [3.05, 3.63) is 36.0 Å². The predicted molar refractivity (Wildman–Crippen MR) is 81.0 cm³/mol. The van der Waals surface area contributed by atoms with Gasteiger partial charge in [-0.15, -0.1) is 0 Å². The van der Waals surface area contributed by atoms with Crippen LogP contribution in [0.4, 0.5) is 5.82 Å². The average Bonchev–Trinajstić information content (AvgIpc) is 2.99. The Kier molecular flexibility index (Phi) is 3.54. The number of anilines is 1. The third kappa shape index (κ3) is 2.46. The smallest absolute Gasteiger partial charge is 0.270 e. The molecular weight excluding hydrogens is 250 g/mol. The molecular formula is C16H19N3O. The number of aromatic nitrogens is 1. The van der Waals surface area contributed by atoms with E-state index in [1.165, 1.54) is 12.8 Å². The minimum Gasteiger partial charge on any atom is -0.373 e. The molecule has 2 aromatic rings. The van der Waals surface area contributed by atoms with Crippen molar-refractivity contribution in [3.63, 3.8) is 0 Å². The summed E-state index contributed by atoms with van der Waals surface area (Å²) < 4.78 is 0. The second-order valence-corrected chi connectivity index (χ2v) is 5.28. The highest BCUT2D eigenvalue weighted by atomic mass is 16.1. The van der Waals surface area contributed by atoms with Crippen LogP contribution in [0, 0.1) is 0 Å².